The van der Waals surface area contributed by atoms with E-state index in [2.05, 4.69) is 41.5 Å². The van der Waals surface area contributed by atoms with Gasteiger partial charge in [-0.1, -0.05) is 48.0 Å². The fourth-order valence-corrected chi connectivity index (χ4v) is 11.6. The molecular weight excluding hydrogens is 548 g/mol. The van der Waals surface area contributed by atoms with E-state index >= 15 is 0 Å². The first-order valence-corrected chi connectivity index (χ1v) is 17.5. The molecular formula is C35H62O8. The number of hydrogen-bond donors (Lipinski definition) is 6. The third-order valence-electron chi connectivity index (χ3n) is 13.9. The third kappa shape index (κ3) is 5.77. The summed E-state index contributed by atoms with van der Waals surface area (Å²) < 4.78 is 12.5. The monoisotopic (exact) mass is 610 g/mol. The highest BCUT2D eigenvalue weighted by molar-refractivity contribution is 5.15. The van der Waals surface area contributed by atoms with Gasteiger partial charge >= 0.3 is 0 Å². The van der Waals surface area contributed by atoms with E-state index in [4.69, 9.17) is 9.47 Å². The van der Waals surface area contributed by atoms with Crippen LogP contribution < -0.4 is 0 Å². The van der Waals surface area contributed by atoms with Crippen molar-refractivity contribution < 1.29 is 40.1 Å². The predicted molar refractivity (Wildman–Crippen MR) is 164 cm³/mol. The molecule has 8 heteroatoms. The average Bonchev–Trinajstić information content (AvgIpc) is 3.16. The molecule has 0 spiro atoms. The maximum Gasteiger partial charge on any atom is 0.186 e. The van der Waals surface area contributed by atoms with Crippen molar-refractivity contribution in [3.8, 4) is 0 Å². The van der Waals surface area contributed by atoms with Crippen LogP contribution in [0.15, 0.2) is 0 Å². The van der Waals surface area contributed by atoms with E-state index in [1.165, 1.54) is 0 Å². The highest BCUT2D eigenvalue weighted by atomic mass is 16.7. The van der Waals surface area contributed by atoms with Crippen LogP contribution in [0.25, 0.3) is 0 Å². The molecule has 0 radical (unpaired) electrons. The van der Waals surface area contributed by atoms with E-state index in [0.29, 0.717) is 30.1 Å². The first-order valence-electron chi connectivity index (χ1n) is 17.5. The summed E-state index contributed by atoms with van der Waals surface area (Å²) in [6.07, 6.45) is 0.364. The van der Waals surface area contributed by atoms with Gasteiger partial charge in [0.2, 0.25) is 0 Å². The summed E-state index contributed by atoms with van der Waals surface area (Å²) in [5.41, 5.74) is -0.0753. The first kappa shape index (κ1) is 34.0. The second kappa shape index (κ2) is 12.7. The maximum absolute atomic E-state index is 12.3. The maximum atomic E-state index is 12.3. The average molecular weight is 611 g/mol. The van der Waals surface area contributed by atoms with Crippen LogP contribution in [-0.2, 0) is 9.47 Å². The second-order valence-corrected chi connectivity index (χ2v) is 16.4. The molecule has 43 heavy (non-hydrogen) atoms. The Bertz CT molecular complexity index is 947. The van der Waals surface area contributed by atoms with Gasteiger partial charge < -0.3 is 40.1 Å². The Morgan fingerprint density at radius 2 is 1.53 bits per heavy atom. The lowest BCUT2D eigenvalue weighted by molar-refractivity contribution is -0.314. The van der Waals surface area contributed by atoms with Crippen molar-refractivity contribution in [3.63, 3.8) is 0 Å². The van der Waals surface area contributed by atoms with Crippen molar-refractivity contribution in [1.82, 2.24) is 0 Å². The zero-order valence-corrected chi connectivity index (χ0v) is 27.7. The van der Waals surface area contributed by atoms with E-state index in [-0.39, 0.29) is 40.6 Å². The minimum absolute atomic E-state index is 0.00575. The molecule has 0 amide bonds. The summed E-state index contributed by atoms with van der Waals surface area (Å²) >= 11 is 0. The van der Waals surface area contributed by atoms with Gasteiger partial charge in [-0.3, -0.25) is 0 Å². The van der Waals surface area contributed by atoms with Gasteiger partial charge in [0.05, 0.1) is 30.5 Å². The summed E-state index contributed by atoms with van der Waals surface area (Å²) in [6, 6.07) is 0. The van der Waals surface area contributed by atoms with Gasteiger partial charge in [-0.2, -0.15) is 0 Å². The number of ether oxygens (including phenoxy) is 2. The summed E-state index contributed by atoms with van der Waals surface area (Å²) in [5.74, 6) is 1.83. The minimum Gasteiger partial charge on any atom is -0.393 e. The Kier molecular flexibility index (Phi) is 10.1. The largest absolute Gasteiger partial charge is 0.393 e. The van der Waals surface area contributed by atoms with Crippen LogP contribution in [0.4, 0.5) is 0 Å². The standard InChI is InChI=1S/C35H62O8/c1-8-22(17(2)3)25(37)15-18(4)26-32(43-33-31(41)30(40)28(38)19(5)42-33)29(39)27-23-10-9-20-16-21(36)11-13-34(20,6)24(23)12-14-35(26,27)7/h17-33,36-41H,8-16H2,1-7H3/t18-,19+,20?,21+,22+,23-,24+,25?,26+,27-,28+,29+,30-,31-,32-,33+,34+,35-/m1/s1. The lowest BCUT2D eigenvalue weighted by atomic mass is 9.44. The topological polar surface area (TPSA) is 140 Å². The summed E-state index contributed by atoms with van der Waals surface area (Å²) in [4.78, 5) is 0. The minimum atomic E-state index is -1.43. The molecule has 1 heterocycles. The molecule has 18 atom stereocenters. The van der Waals surface area contributed by atoms with Crippen molar-refractivity contribution >= 4 is 0 Å². The lowest BCUT2D eigenvalue weighted by Gasteiger charge is -2.61. The predicted octanol–water partition coefficient (Wildman–Crippen LogP) is 3.87. The Morgan fingerprint density at radius 3 is 2.19 bits per heavy atom. The molecule has 1 aliphatic heterocycles. The molecule has 0 aromatic carbocycles. The lowest BCUT2D eigenvalue weighted by Crippen LogP contribution is -2.58. The van der Waals surface area contributed by atoms with Crippen LogP contribution in [0.1, 0.15) is 106 Å². The van der Waals surface area contributed by atoms with E-state index in [9.17, 15) is 30.6 Å². The van der Waals surface area contributed by atoms with Crippen LogP contribution in [0, 0.1) is 58.2 Å². The Hall–Kier alpha value is -0.320. The fourth-order valence-electron chi connectivity index (χ4n) is 11.6. The highest BCUT2D eigenvalue weighted by Gasteiger charge is 2.67. The van der Waals surface area contributed by atoms with Crippen LogP contribution in [-0.4, -0.2) is 85.8 Å². The van der Waals surface area contributed by atoms with Crippen LogP contribution >= 0.6 is 0 Å². The number of aliphatic hydroxyl groups is 6. The Morgan fingerprint density at radius 1 is 0.860 bits per heavy atom. The summed E-state index contributed by atoms with van der Waals surface area (Å²) in [7, 11) is 0. The summed E-state index contributed by atoms with van der Waals surface area (Å²) in [5, 5.41) is 66.0. The van der Waals surface area contributed by atoms with Crippen molar-refractivity contribution in [2.45, 2.75) is 161 Å². The number of hydrogen-bond acceptors (Lipinski definition) is 8. The quantitative estimate of drug-likeness (QED) is 0.244. The number of fused-ring (bicyclic) bond motifs is 5. The molecule has 250 valence electrons. The van der Waals surface area contributed by atoms with E-state index in [1.54, 1.807) is 6.92 Å². The molecule has 5 aliphatic rings. The smallest absolute Gasteiger partial charge is 0.186 e. The van der Waals surface area contributed by atoms with Gasteiger partial charge in [0.25, 0.3) is 0 Å². The highest BCUT2D eigenvalue weighted by Crippen LogP contribution is 2.69. The van der Waals surface area contributed by atoms with E-state index in [0.717, 1.165) is 51.4 Å². The van der Waals surface area contributed by atoms with E-state index < -0.39 is 49.0 Å². The molecule has 0 bridgehead atoms. The van der Waals surface area contributed by atoms with Crippen LogP contribution in [0.2, 0.25) is 0 Å². The van der Waals surface area contributed by atoms with Crippen molar-refractivity contribution in [1.29, 1.82) is 0 Å². The molecule has 0 aromatic heterocycles. The molecule has 1 saturated heterocycles. The number of rotatable bonds is 8. The molecule has 0 aromatic rings. The Labute approximate surface area is 259 Å². The first-order chi connectivity index (χ1) is 20.1. The second-order valence-electron chi connectivity index (χ2n) is 16.4. The normalized spacial score (nSPS) is 52.2. The third-order valence-corrected chi connectivity index (χ3v) is 13.9. The zero-order chi connectivity index (χ0) is 31.6. The van der Waals surface area contributed by atoms with Gasteiger partial charge in [-0.15, -0.1) is 0 Å². The van der Waals surface area contributed by atoms with Gasteiger partial charge in [0, 0.05) is 0 Å². The molecule has 4 saturated carbocycles. The van der Waals surface area contributed by atoms with Crippen molar-refractivity contribution in [2.24, 2.45) is 58.2 Å². The molecule has 6 N–H and O–H groups in total. The van der Waals surface area contributed by atoms with Crippen LogP contribution in [0.5, 0.6) is 0 Å². The SMILES string of the molecule is CC[C@@H](C(C)C)C(O)C[C@@H](C)[C@H]1[C@@H](O[C@@H]2O[C@@H](C)[C@H](O)[C@@H](O)[C@H]2O)[C@@H](O)[C@H]2[C@@H]3CCC4C[C@@H](O)CC[C@]4(C)[C@H]3CC[C@]12C. The number of aliphatic hydroxyl groups excluding tert-OH is 6. The molecule has 2 unspecified atom stereocenters. The van der Waals surface area contributed by atoms with Gasteiger partial charge in [-0.05, 0) is 116 Å². The molecule has 5 fully saturated rings. The fraction of sp³-hybridized carbons (Fsp3) is 1.00. The van der Waals surface area contributed by atoms with Gasteiger partial charge in [0.1, 0.15) is 18.3 Å². The molecule has 5 rings (SSSR count). The van der Waals surface area contributed by atoms with Crippen molar-refractivity contribution in [3.05, 3.63) is 0 Å². The van der Waals surface area contributed by atoms with Gasteiger partial charge in [0.15, 0.2) is 6.29 Å². The van der Waals surface area contributed by atoms with Crippen molar-refractivity contribution in [2.75, 3.05) is 0 Å². The summed E-state index contributed by atoms with van der Waals surface area (Å²) in [6.45, 7) is 15.1. The Balaban J connectivity index is 1.47. The molecule has 4 aliphatic carbocycles. The van der Waals surface area contributed by atoms with E-state index in [1.807, 2.05) is 0 Å². The van der Waals surface area contributed by atoms with Crippen LogP contribution in [0.3, 0.4) is 0 Å². The van der Waals surface area contributed by atoms with Gasteiger partial charge in [-0.25, -0.2) is 0 Å². The molecule has 8 nitrogen and oxygen atoms in total. The zero-order valence-electron chi connectivity index (χ0n) is 27.7.